The van der Waals surface area contributed by atoms with Crippen LogP contribution in [0.3, 0.4) is 0 Å². The van der Waals surface area contributed by atoms with Gasteiger partial charge >= 0.3 is 0 Å². The molecular weight excluding hydrogens is 249 g/mol. The first kappa shape index (κ1) is 11.6. The summed E-state index contributed by atoms with van der Waals surface area (Å²) in [6.45, 7) is 0. The number of aromatic nitrogens is 2. The molecule has 0 fully saturated rings. The number of allylic oxidation sites excluding steroid dienone is 2. The normalized spacial score (nSPS) is 21.1. The van der Waals surface area contributed by atoms with Gasteiger partial charge in [-0.3, -0.25) is 4.99 Å². The zero-order valence-electron chi connectivity index (χ0n) is 8.60. The number of aliphatic imine (C=N–C) groups is 1. The van der Waals surface area contributed by atoms with Crippen molar-refractivity contribution in [2.24, 2.45) is 10.7 Å². The fraction of sp³-hybridized carbons (Fsp3) is 0.222. The molecule has 0 spiro atoms. The second-order valence-corrected chi connectivity index (χ2v) is 3.79. The lowest BCUT2D eigenvalue weighted by Gasteiger charge is -2.11. The van der Waals surface area contributed by atoms with Crippen LogP contribution < -0.4 is 11.5 Å². The van der Waals surface area contributed by atoms with E-state index in [0.717, 1.165) is 0 Å². The van der Waals surface area contributed by atoms with Gasteiger partial charge in [0.1, 0.15) is 5.83 Å². The van der Waals surface area contributed by atoms with Crippen LogP contribution in [0.1, 0.15) is 12.1 Å². The average Bonchev–Trinajstić information content (AvgIpc) is 2.70. The van der Waals surface area contributed by atoms with Crippen molar-refractivity contribution in [1.29, 1.82) is 0 Å². The predicted octanol–water partition coefficient (Wildman–Crippen LogP) is 1.11. The van der Waals surface area contributed by atoms with E-state index in [1.807, 2.05) is 0 Å². The number of halogens is 2. The first-order chi connectivity index (χ1) is 8.08. The lowest BCUT2D eigenvalue weighted by atomic mass is 10.1. The second kappa shape index (κ2) is 4.54. The highest BCUT2D eigenvalue weighted by atomic mass is 35.5. The van der Waals surface area contributed by atoms with Crippen molar-refractivity contribution in [3.63, 3.8) is 0 Å². The standard InChI is InChI=1S/C9H9ClFN5O/c10-5-3-4(1-2-6(5)11)14-8(12)7-9(13)16-17-15-7/h2-4H,1H2,(H2,12,14)(H2,13,16). The molecule has 0 aliphatic heterocycles. The molecular formula is C9H9ClFN5O. The molecule has 0 bridgehead atoms. The van der Waals surface area contributed by atoms with Crippen molar-refractivity contribution >= 4 is 23.3 Å². The smallest absolute Gasteiger partial charge is 0.199 e. The van der Waals surface area contributed by atoms with E-state index < -0.39 is 5.83 Å². The fourth-order valence-electron chi connectivity index (χ4n) is 1.34. The van der Waals surface area contributed by atoms with Crippen molar-refractivity contribution < 1.29 is 9.02 Å². The van der Waals surface area contributed by atoms with E-state index in [4.69, 9.17) is 23.1 Å². The molecule has 1 aromatic heterocycles. The van der Waals surface area contributed by atoms with Crippen molar-refractivity contribution in [3.8, 4) is 0 Å². The summed E-state index contributed by atoms with van der Waals surface area (Å²) in [5.74, 6) is -0.330. The van der Waals surface area contributed by atoms with Gasteiger partial charge in [0.15, 0.2) is 17.3 Å². The third-order valence-electron chi connectivity index (χ3n) is 2.17. The minimum absolute atomic E-state index is 0.0176. The topological polar surface area (TPSA) is 103 Å². The van der Waals surface area contributed by atoms with Gasteiger partial charge in [-0.15, -0.1) is 0 Å². The van der Waals surface area contributed by atoms with Crippen LogP contribution >= 0.6 is 11.6 Å². The number of anilines is 1. The summed E-state index contributed by atoms with van der Waals surface area (Å²) >= 11 is 5.64. The third-order valence-corrected chi connectivity index (χ3v) is 2.47. The van der Waals surface area contributed by atoms with Crippen molar-refractivity contribution in [2.45, 2.75) is 12.5 Å². The zero-order chi connectivity index (χ0) is 12.4. The van der Waals surface area contributed by atoms with Crippen LogP contribution in [-0.2, 0) is 0 Å². The van der Waals surface area contributed by atoms with Gasteiger partial charge in [-0.25, -0.2) is 9.02 Å². The molecule has 2 rings (SSSR count). The van der Waals surface area contributed by atoms with E-state index >= 15 is 0 Å². The molecule has 1 aliphatic rings. The van der Waals surface area contributed by atoms with Gasteiger partial charge in [0.25, 0.3) is 0 Å². The third kappa shape index (κ3) is 2.44. The van der Waals surface area contributed by atoms with Gasteiger partial charge in [0.2, 0.25) is 0 Å². The number of hydrogen-bond donors (Lipinski definition) is 2. The number of rotatable bonds is 2. The molecule has 1 atom stereocenters. The highest BCUT2D eigenvalue weighted by molar-refractivity contribution is 6.31. The SMILES string of the molecule is NC(=NC1C=C(Cl)C(F)=CC1)c1nonc1N. The Bertz CT molecular complexity index is 521. The molecule has 0 amide bonds. The van der Waals surface area contributed by atoms with Gasteiger partial charge in [0.05, 0.1) is 11.1 Å². The molecule has 90 valence electrons. The molecule has 1 heterocycles. The Morgan fingerprint density at radius 3 is 2.94 bits per heavy atom. The lowest BCUT2D eigenvalue weighted by Crippen LogP contribution is -2.19. The Balaban J connectivity index is 2.19. The average molecular weight is 258 g/mol. The fourth-order valence-corrected chi connectivity index (χ4v) is 1.56. The number of hydrogen-bond acceptors (Lipinski definition) is 5. The maximum Gasteiger partial charge on any atom is 0.199 e. The Labute approximate surface area is 101 Å². The Kier molecular flexibility index (Phi) is 3.10. The molecule has 17 heavy (non-hydrogen) atoms. The molecule has 4 N–H and O–H groups in total. The molecule has 0 saturated heterocycles. The summed E-state index contributed by atoms with van der Waals surface area (Å²) in [6.07, 6.45) is 3.18. The Hall–Kier alpha value is -1.89. The van der Waals surface area contributed by atoms with E-state index in [1.54, 1.807) is 0 Å². The summed E-state index contributed by atoms with van der Waals surface area (Å²) in [5.41, 5.74) is 11.3. The quantitative estimate of drug-likeness (QED) is 0.610. The molecule has 6 nitrogen and oxygen atoms in total. The first-order valence-corrected chi connectivity index (χ1v) is 5.10. The van der Waals surface area contributed by atoms with E-state index in [1.165, 1.54) is 12.2 Å². The molecule has 0 aromatic carbocycles. The highest BCUT2D eigenvalue weighted by Crippen LogP contribution is 2.24. The molecule has 0 saturated carbocycles. The van der Waals surface area contributed by atoms with Crippen molar-refractivity contribution in [2.75, 3.05) is 5.73 Å². The Morgan fingerprint density at radius 2 is 2.35 bits per heavy atom. The summed E-state index contributed by atoms with van der Waals surface area (Å²) in [6, 6.07) is -0.349. The first-order valence-electron chi connectivity index (χ1n) is 4.73. The van der Waals surface area contributed by atoms with Gasteiger partial charge in [-0.05, 0) is 28.9 Å². The van der Waals surface area contributed by atoms with Crippen LogP contribution in [0, 0.1) is 0 Å². The summed E-state index contributed by atoms with van der Waals surface area (Å²) < 4.78 is 17.3. The molecule has 0 radical (unpaired) electrons. The van der Waals surface area contributed by atoms with Crippen LogP contribution in [0.4, 0.5) is 10.2 Å². The lowest BCUT2D eigenvalue weighted by molar-refractivity contribution is 0.308. The number of amidine groups is 1. The monoisotopic (exact) mass is 257 g/mol. The second-order valence-electron chi connectivity index (χ2n) is 3.38. The van der Waals surface area contributed by atoms with Crippen LogP contribution in [0.5, 0.6) is 0 Å². The number of nitrogens with two attached hydrogens (primary N) is 2. The van der Waals surface area contributed by atoms with Crippen LogP contribution in [0.2, 0.25) is 0 Å². The van der Waals surface area contributed by atoms with Crippen LogP contribution in [0.15, 0.2) is 32.6 Å². The van der Waals surface area contributed by atoms with Crippen molar-refractivity contribution in [1.82, 2.24) is 10.3 Å². The van der Waals surface area contributed by atoms with E-state index in [2.05, 4.69) is 19.9 Å². The van der Waals surface area contributed by atoms with E-state index in [9.17, 15) is 4.39 Å². The van der Waals surface area contributed by atoms with E-state index in [0.29, 0.717) is 6.42 Å². The maximum absolute atomic E-state index is 12.9. The Morgan fingerprint density at radius 1 is 1.59 bits per heavy atom. The highest BCUT2D eigenvalue weighted by Gasteiger charge is 2.16. The number of nitrogens with zero attached hydrogens (tertiary/aromatic N) is 3. The largest absolute Gasteiger partial charge is 0.382 e. The van der Waals surface area contributed by atoms with Crippen LogP contribution in [0.25, 0.3) is 0 Å². The van der Waals surface area contributed by atoms with Gasteiger partial charge < -0.3 is 11.5 Å². The van der Waals surface area contributed by atoms with Crippen molar-refractivity contribution in [3.05, 3.63) is 28.7 Å². The van der Waals surface area contributed by atoms with Gasteiger partial charge in [-0.2, -0.15) is 0 Å². The summed E-state index contributed by atoms with van der Waals surface area (Å²) in [4.78, 5) is 4.10. The molecule has 1 unspecified atom stereocenters. The molecule has 1 aliphatic carbocycles. The molecule has 8 heteroatoms. The predicted molar refractivity (Wildman–Crippen MR) is 61.0 cm³/mol. The van der Waals surface area contributed by atoms with Gasteiger partial charge in [0, 0.05) is 0 Å². The minimum atomic E-state index is -0.459. The van der Waals surface area contributed by atoms with Gasteiger partial charge in [-0.1, -0.05) is 11.6 Å². The van der Waals surface area contributed by atoms with E-state index in [-0.39, 0.29) is 28.4 Å². The van der Waals surface area contributed by atoms with Crippen LogP contribution in [-0.4, -0.2) is 22.2 Å². The maximum atomic E-state index is 12.9. The zero-order valence-corrected chi connectivity index (χ0v) is 9.36. The summed E-state index contributed by atoms with van der Waals surface area (Å²) in [5, 5.41) is 6.90. The molecule has 1 aromatic rings. The number of nitrogen functional groups attached to an aromatic ring is 1. The summed E-state index contributed by atoms with van der Waals surface area (Å²) in [7, 11) is 0. The minimum Gasteiger partial charge on any atom is -0.382 e.